The molecule has 0 aliphatic heterocycles. The molecule has 0 aliphatic carbocycles. The molecule has 0 atom stereocenters. The highest BCUT2D eigenvalue weighted by atomic mass is 35.5. The molecule has 0 amide bonds. The summed E-state index contributed by atoms with van der Waals surface area (Å²) < 4.78 is 31.2. The summed E-state index contributed by atoms with van der Waals surface area (Å²) in [7, 11) is -3.85. The number of sulfonamides is 1. The summed E-state index contributed by atoms with van der Waals surface area (Å²) in [4.78, 5) is 0.154. The van der Waals surface area contributed by atoms with Gasteiger partial charge >= 0.3 is 0 Å². The zero-order chi connectivity index (χ0) is 23.3. The molecule has 4 aromatic rings. The van der Waals surface area contributed by atoms with Gasteiger partial charge in [0.15, 0.2) is 0 Å². The maximum absolute atomic E-state index is 13.0. The van der Waals surface area contributed by atoms with Crippen molar-refractivity contribution >= 4 is 33.0 Å². The Bertz CT molecular complexity index is 1420. The number of nitrogens with zero attached hydrogens (tertiary/aromatic N) is 3. The number of hydrogen-bond acceptors (Lipinski definition) is 4. The van der Waals surface area contributed by atoms with Crippen molar-refractivity contribution in [1.29, 1.82) is 0 Å². The highest BCUT2D eigenvalue weighted by molar-refractivity contribution is 7.92. The monoisotopic (exact) mass is 471 g/mol. The molecule has 0 spiro atoms. The van der Waals surface area contributed by atoms with E-state index in [2.05, 4.69) is 30.6 Å². The number of anilines is 1. The van der Waals surface area contributed by atoms with E-state index in [0.29, 0.717) is 27.5 Å². The van der Waals surface area contributed by atoms with E-state index < -0.39 is 10.0 Å². The van der Waals surface area contributed by atoms with Crippen LogP contribution in [0.25, 0.3) is 16.8 Å². The number of nitrogens with one attached hydrogen (secondary N) is 1. The Labute approximate surface area is 191 Å². The lowest BCUT2D eigenvalue weighted by atomic mass is 9.87. The third kappa shape index (κ3) is 4.03. The molecule has 3 aromatic heterocycles. The third-order valence-electron chi connectivity index (χ3n) is 5.34. The first-order valence-corrected chi connectivity index (χ1v) is 11.9. The van der Waals surface area contributed by atoms with Crippen LogP contribution in [0.4, 0.5) is 5.82 Å². The second kappa shape index (κ2) is 7.79. The fourth-order valence-corrected chi connectivity index (χ4v) is 4.67. The molecular weight excluding hydrogens is 448 g/mol. The summed E-state index contributed by atoms with van der Waals surface area (Å²) in [6.07, 6.45) is 1.52. The SMILES string of the molecule is Cc1c(-c2cc3c(Cl)ccc(NS(=O)(=O)c4ccc(C(C)(C)C)cc4)n3n2)ccc[n+]1O. The van der Waals surface area contributed by atoms with Crippen molar-refractivity contribution in [3.8, 4) is 11.3 Å². The van der Waals surface area contributed by atoms with Crippen LogP contribution in [-0.4, -0.2) is 23.2 Å². The normalized spacial score (nSPS) is 12.3. The molecule has 0 saturated heterocycles. The lowest BCUT2D eigenvalue weighted by Gasteiger charge is -2.19. The molecule has 0 fully saturated rings. The molecular formula is C23H24ClN4O3S+. The quantitative estimate of drug-likeness (QED) is 0.336. The number of aromatic nitrogens is 3. The first kappa shape index (κ1) is 22.1. The Balaban J connectivity index is 1.76. The smallest absolute Gasteiger partial charge is 0.263 e. The van der Waals surface area contributed by atoms with Crippen molar-refractivity contribution < 1.29 is 18.4 Å². The highest BCUT2D eigenvalue weighted by Gasteiger charge is 2.21. The molecule has 4 rings (SSSR count). The molecule has 2 N–H and O–H groups in total. The summed E-state index contributed by atoms with van der Waals surface area (Å²) >= 11 is 6.36. The van der Waals surface area contributed by atoms with Gasteiger partial charge in [0.2, 0.25) is 11.9 Å². The minimum atomic E-state index is -3.85. The Hall–Kier alpha value is -3.10. The van der Waals surface area contributed by atoms with E-state index >= 15 is 0 Å². The topological polar surface area (TPSA) is 87.6 Å². The van der Waals surface area contributed by atoms with Crippen LogP contribution in [0.15, 0.2) is 65.7 Å². The number of rotatable bonds is 4. The number of fused-ring (bicyclic) bond motifs is 1. The van der Waals surface area contributed by atoms with Crippen LogP contribution in [0.5, 0.6) is 0 Å². The maximum atomic E-state index is 13.0. The van der Waals surface area contributed by atoms with E-state index in [1.54, 1.807) is 43.3 Å². The molecule has 166 valence electrons. The average Bonchev–Trinajstić information content (AvgIpc) is 3.18. The largest absolute Gasteiger partial charge is 0.285 e. The fourth-order valence-electron chi connectivity index (χ4n) is 3.43. The molecule has 32 heavy (non-hydrogen) atoms. The van der Waals surface area contributed by atoms with E-state index in [0.717, 1.165) is 10.3 Å². The maximum Gasteiger partial charge on any atom is 0.263 e. The summed E-state index contributed by atoms with van der Waals surface area (Å²) in [6.45, 7) is 7.97. The van der Waals surface area contributed by atoms with Crippen LogP contribution < -0.4 is 9.45 Å². The standard InChI is InChI=1S/C23H24ClN4O3S/c1-15-18(6-5-13-27(15)29)20-14-21-19(24)11-12-22(28(21)25-20)26-32(30,31)17-9-7-16(8-10-17)23(2,3)4/h5-14,26,29H,1-4H3/q+1. The lowest BCUT2D eigenvalue weighted by Crippen LogP contribution is -2.33. The van der Waals surface area contributed by atoms with Gasteiger partial charge in [0, 0.05) is 17.7 Å². The van der Waals surface area contributed by atoms with Crippen molar-refractivity contribution in [2.45, 2.75) is 38.0 Å². The zero-order valence-corrected chi connectivity index (χ0v) is 19.7. The minimum absolute atomic E-state index is 0.0776. The Kier molecular flexibility index (Phi) is 5.38. The molecule has 0 saturated carbocycles. The van der Waals surface area contributed by atoms with Gasteiger partial charge in [0.1, 0.15) is 5.82 Å². The van der Waals surface area contributed by atoms with E-state index in [4.69, 9.17) is 11.6 Å². The number of halogens is 1. The van der Waals surface area contributed by atoms with Gasteiger partial charge in [0.05, 0.1) is 26.7 Å². The van der Waals surface area contributed by atoms with Crippen LogP contribution in [0.3, 0.4) is 0 Å². The van der Waals surface area contributed by atoms with Gasteiger partial charge in [-0.15, -0.1) is 0 Å². The van der Waals surface area contributed by atoms with Gasteiger partial charge in [-0.05, 0) is 47.4 Å². The third-order valence-corrected chi connectivity index (χ3v) is 7.03. The van der Waals surface area contributed by atoms with Crippen LogP contribution in [0.2, 0.25) is 5.02 Å². The lowest BCUT2D eigenvalue weighted by molar-refractivity contribution is -0.908. The van der Waals surface area contributed by atoms with Crippen molar-refractivity contribution in [3.05, 3.63) is 77.1 Å². The number of pyridine rings is 2. The zero-order valence-electron chi connectivity index (χ0n) is 18.2. The van der Waals surface area contributed by atoms with Gasteiger partial charge in [-0.2, -0.15) is 5.10 Å². The second-order valence-electron chi connectivity index (χ2n) is 8.62. The van der Waals surface area contributed by atoms with Crippen LogP contribution in [-0.2, 0) is 15.4 Å². The van der Waals surface area contributed by atoms with E-state index in [9.17, 15) is 13.6 Å². The first-order chi connectivity index (χ1) is 15.0. The first-order valence-electron chi connectivity index (χ1n) is 10.00. The van der Waals surface area contributed by atoms with E-state index in [-0.39, 0.29) is 16.1 Å². The average molecular weight is 472 g/mol. The molecule has 9 heteroatoms. The molecule has 0 unspecified atom stereocenters. The van der Waals surface area contributed by atoms with E-state index in [1.807, 2.05) is 18.2 Å². The molecule has 0 aliphatic rings. The van der Waals surface area contributed by atoms with Crippen LogP contribution in [0.1, 0.15) is 32.0 Å². The highest BCUT2D eigenvalue weighted by Crippen LogP contribution is 2.29. The van der Waals surface area contributed by atoms with Crippen molar-refractivity contribution in [2.24, 2.45) is 0 Å². The van der Waals surface area contributed by atoms with Crippen molar-refractivity contribution in [2.75, 3.05) is 4.72 Å². The Morgan fingerprint density at radius 2 is 1.78 bits per heavy atom. The molecule has 1 aromatic carbocycles. The van der Waals surface area contributed by atoms with Crippen LogP contribution >= 0.6 is 11.6 Å². The van der Waals surface area contributed by atoms with Gasteiger partial charge in [-0.3, -0.25) is 9.93 Å². The van der Waals surface area contributed by atoms with Crippen molar-refractivity contribution in [3.63, 3.8) is 0 Å². The molecule has 7 nitrogen and oxygen atoms in total. The fraction of sp³-hybridized carbons (Fsp3) is 0.217. The predicted molar refractivity (Wildman–Crippen MR) is 124 cm³/mol. The number of benzene rings is 1. The van der Waals surface area contributed by atoms with Crippen LogP contribution in [0, 0.1) is 6.92 Å². The Morgan fingerprint density at radius 3 is 2.44 bits per heavy atom. The number of hydrogen-bond donors (Lipinski definition) is 2. The van der Waals surface area contributed by atoms with Gasteiger partial charge in [-0.25, -0.2) is 12.9 Å². The van der Waals surface area contributed by atoms with Crippen molar-refractivity contribution in [1.82, 2.24) is 9.61 Å². The summed E-state index contributed by atoms with van der Waals surface area (Å²) in [5.41, 5.74) is 3.34. The molecule has 0 radical (unpaired) electrons. The summed E-state index contributed by atoms with van der Waals surface area (Å²) in [5.74, 6) is 0.251. The van der Waals surface area contributed by atoms with E-state index in [1.165, 1.54) is 10.7 Å². The molecule has 0 bridgehead atoms. The minimum Gasteiger partial charge on any atom is -0.285 e. The Morgan fingerprint density at radius 1 is 1.09 bits per heavy atom. The molecule has 3 heterocycles. The van der Waals surface area contributed by atoms with Gasteiger partial charge < -0.3 is 0 Å². The summed E-state index contributed by atoms with van der Waals surface area (Å²) in [6, 6.07) is 15.3. The van der Waals surface area contributed by atoms with Gasteiger partial charge in [0.25, 0.3) is 10.0 Å². The summed E-state index contributed by atoms with van der Waals surface area (Å²) in [5, 5.41) is 14.9. The van der Waals surface area contributed by atoms with Gasteiger partial charge in [-0.1, -0.05) is 44.5 Å². The second-order valence-corrected chi connectivity index (χ2v) is 10.7. The predicted octanol–water partition coefficient (Wildman–Crippen LogP) is 4.59.